The van der Waals surface area contributed by atoms with Crippen LogP contribution in [0, 0.1) is 6.92 Å². The Morgan fingerprint density at radius 1 is 1.18 bits per heavy atom. The first-order chi connectivity index (χ1) is 13.5. The molecule has 0 spiro atoms. The van der Waals surface area contributed by atoms with Crippen molar-refractivity contribution >= 4 is 17.6 Å². The molecule has 2 aromatic rings. The van der Waals surface area contributed by atoms with Crippen molar-refractivity contribution in [1.29, 1.82) is 0 Å². The van der Waals surface area contributed by atoms with Crippen LogP contribution in [0.15, 0.2) is 42.5 Å². The molecule has 3 rings (SSSR count). The summed E-state index contributed by atoms with van der Waals surface area (Å²) in [5.41, 5.74) is 8.27. The number of aromatic hydroxyl groups is 1. The summed E-state index contributed by atoms with van der Waals surface area (Å²) < 4.78 is 0. The number of aryl methyl sites for hydroxylation is 1. The lowest BCUT2D eigenvalue weighted by Gasteiger charge is -2.36. The van der Waals surface area contributed by atoms with E-state index in [0.29, 0.717) is 16.8 Å². The first kappa shape index (κ1) is 19.7. The number of phenols is 1. The SMILES string of the molecule is Cc1c(NC(=O)N2CCCC[C@H]2CCc2ccc(O)cc2)cccc1C(N)=O. The molecular formula is C22H27N3O3. The number of hydrogen-bond acceptors (Lipinski definition) is 3. The largest absolute Gasteiger partial charge is 0.508 e. The second-order valence-corrected chi connectivity index (χ2v) is 7.32. The Kier molecular flexibility index (Phi) is 6.19. The normalized spacial score (nSPS) is 16.6. The molecule has 0 aliphatic carbocycles. The zero-order chi connectivity index (χ0) is 20.1. The summed E-state index contributed by atoms with van der Waals surface area (Å²) in [6, 6.07) is 12.4. The number of nitrogens with one attached hydrogen (secondary N) is 1. The van der Waals surface area contributed by atoms with Crippen molar-refractivity contribution in [3.05, 3.63) is 59.2 Å². The molecule has 1 fully saturated rings. The van der Waals surface area contributed by atoms with Gasteiger partial charge in [0, 0.05) is 23.8 Å². The number of benzene rings is 2. The Labute approximate surface area is 165 Å². The molecule has 1 atom stereocenters. The fraction of sp³-hybridized carbons (Fsp3) is 0.364. The highest BCUT2D eigenvalue weighted by atomic mass is 16.3. The van der Waals surface area contributed by atoms with Gasteiger partial charge in [0.2, 0.25) is 5.91 Å². The first-order valence-corrected chi connectivity index (χ1v) is 9.70. The summed E-state index contributed by atoms with van der Waals surface area (Å²) in [5.74, 6) is -0.241. The molecule has 1 aliphatic rings. The topological polar surface area (TPSA) is 95.7 Å². The van der Waals surface area contributed by atoms with Gasteiger partial charge in [-0.3, -0.25) is 4.79 Å². The molecule has 0 radical (unpaired) electrons. The number of urea groups is 1. The molecule has 2 aromatic carbocycles. The van der Waals surface area contributed by atoms with Gasteiger partial charge in [-0.15, -0.1) is 0 Å². The predicted molar refractivity (Wildman–Crippen MR) is 109 cm³/mol. The van der Waals surface area contributed by atoms with Gasteiger partial charge in [0.05, 0.1) is 0 Å². The van der Waals surface area contributed by atoms with Crippen LogP contribution in [0.1, 0.15) is 47.2 Å². The number of nitrogens with zero attached hydrogens (tertiary/aromatic N) is 1. The van der Waals surface area contributed by atoms with E-state index in [1.807, 2.05) is 17.0 Å². The molecule has 3 amide bonds. The minimum Gasteiger partial charge on any atom is -0.508 e. The van der Waals surface area contributed by atoms with Crippen LogP contribution < -0.4 is 11.1 Å². The number of carbonyl (C=O) groups is 2. The van der Waals surface area contributed by atoms with Crippen molar-refractivity contribution in [2.24, 2.45) is 5.73 Å². The minimum absolute atomic E-state index is 0.139. The molecule has 1 heterocycles. The van der Waals surface area contributed by atoms with E-state index in [2.05, 4.69) is 5.32 Å². The Morgan fingerprint density at radius 3 is 2.64 bits per heavy atom. The second kappa shape index (κ2) is 8.78. The lowest BCUT2D eigenvalue weighted by molar-refractivity contribution is 0.0999. The van der Waals surface area contributed by atoms with Gasteiger partial charge < -0.3 is 21.1 Å². The van der Waals surface area contributed by atoms with E-state index in [1.54, 1.807) is 37.3 Å². The first-order valence-electron chi connectivity index (χ1n) is 9.70. The molecule has 4 N–H and O–H groups in total. The van der Waals surface area contributed by atoms with Gasteiger partial charge in [0.25, 0.3) is 0 Å². The predicted octanol–water partition coefficient (Wildman–Crippen LogP) is 3.82. The Hall–Kier alpha value is -3.02. The molecular weight excluding hydrogens is 354 g/mol. The number of carbonyl (C=O) groups excluding carboxylic acids is 2. The molecule has 0 saturated carbocycles. The quantitative estimate of drug-likeness (QED) is 0.735. The van der Waals surface area contributed by atoms with Gasteiger partial charge in [-0.05, 0) is 74.4 Å². The van der Waals surface area contributed by atoms with E-state index >= 15 is 0 Å². The molecule has 1 aliphatic heterocycles. The molecule has 6 heteroatoms. The third kappa shape index (κ3) is 4.63. The van der Waals surface area contributed by atoms with Crippen LogP contribution in [0.25, 0.3) is 0 Å². The average molecular weight is 381 g/mol. The van der Waals surface area contributed by atoms with Crippen molar-refractivity contribution in [1.82, 2.24) is 4.90 Å². The summed E-state index contributed by atoms with van der Waals surface area (Å²) in [5, 5.41) is 12.4. The van der Waals surface area contributed by atoms with Crippen LogP contribution in [-0.2, 0) is 6.42 Å². The zero-order valence-corrected chi connectivity index (χ0v) is 16.1. The lowest BCUT2D eigenvalue weighted by atomic mass is 9.96. The Bertz CT molecular complexity index is 849. The van der Waals surface area contributed by atoms with E-state index < -0.39 is 5.91 Å². The molecule has 6 nitrogen and oxygen atoms in total. The van der Waals surface area contributed by atoms with E-state index in [0.717, 1.165) is 44.2 Å². The summed E-state index contributed by atoms with van der Waals surface area (Å²) in [6.07, 6.45) is 4.80. The van der Waals surface area contributed by atoms with Crippen LogP contribution in [0.3, 0.4) is 0 Å². The highest BCUT2D eigenvalue weighted by Gasteiger charge is 2.27. The van der Waals surface area contributed by atoms with E-state index in [1.165, 1.54) is 0 Å². The Balaban J connectivity index is 1.67. The van der Waals surface area contributed by atoms with Crippen LogP contribution in [0.2, 0.25) is 0 Å². The number of likely N-dealkylation sites (tertiary alicyclic amines) is 1. The summed E-state index contributed by atoms with van der Waals surface area (Å²) in [4.78, 5) is 26.4. The molecule has 1 saturated heterocycles. The number of primary amides is 1. The number of piperidine rings is 1. The smallest absolute Gasteiger partial charge is 0.322 e. The van der Waals surface area contributed by atoms with Crippen molar-refractivity contribution in [2.75, 3.05) is 11.9 Å². The van der Waals surface area contributed by atoms with E-state index in [-0.39, 0.29) is 17.8 Å². The van der Waals surface area contributed by atoms with Gasteiger partial charge >= 0.3 is 6.03 Å². The van der Waals surface area contributed by atoms with Crippen LogP contribution >= 0.6 is 0 Å². The maximum absolute atomic E-state index is 12.9. The standard InChI is InChI=1S/C22H27N3O3/c1-15-19(21(23)27)6-4-7-20(15)24-22(28)25-14-3-2-5-17(25)11-8-16-9-12-18(26)13-10-16/h4,6-7,9-10,12-13,17,26H,2-3,5,8,11,14H2,1H3,(H2,23,27)(H,24,28)/t17-/m0/s1. The number of hydrogen-bond donors (Lipinski definition) is 3. The highest BCUT2D eigenvalue weighted by molar-refractivity contribution is 5.98. The van der Waals surface area contributed by atoms with E-state index in [9.17, 15) is 14.7 Å². The number of phenolic OH excluding ortho intramolecular Hbond substituents is 1. The Morgan fingerprint density at radius 2 is 1.93 bits per heavy atom. The van der Waals surface area contributed by atoms with Crippen LogP contribution in [0.4, 0.5) is 10.5 Å². The lowest BCUT2D eigenvalue weighted by Crippen LogP contribution is -2.46. The fourth-order valence-corrected chi connectivity index (χ4v) is 3.79. The maximum Gasteiger partial charge on any atom is 0.322 e. The number of nitrogens with two attached hydrogens (primary N) is 1. The summed E-state index contributed by atoms with van der Waals surface area (Å²) >= 11 is 0. The number of anilines is 1. The molecule has 0 aromatic heterocycles. The maximum atomic E-state index is 12.9. The van der Waals surface area contributed by atoms with Gasteiger partial charge in [0.1, 0.15) is 5.75 Å². The van der Waals surface area contributed by atoms with Crippen molar-refractivity contribution in [3.63, 3.8) is 0 Å². The third-order valence-corrected chi connectivity index (χ3v) is 5.43. The second-order valence-electron chi connectivity index (χ2n) is 7.32. The fourth-order valence-electron chi connectivity index (χ4n) is 3.79. The molecule has 0 bridgehead atoms. The summed E-state index contributed by atoms with van der Waals surface area (Å²) in [7, 11) is 0. The van der Waals surface area contributed by atoms with Crippen molar-refractivity contribution in [3.8, 4) is 5.75 Å². The molecule has 148 valence electrons. The third-order valence-electron chi connectivity index (χ3n) is 5.43. The average Bonchev–Trinajstić information content (AvgIpc) is 2.69. The van der Waals surface area contributed by atoms with Gasteiger partial charge in [-0.25, -0.2) is 4.79 Å². The van der Waals surface area contributed by atoms with Gasteiger partial charge in [-0.2, -0.15) is 0 Å². The van der Waals surface area contributed by atoms with Gasteiger partial charge in [0.15, 0.2) is 0 Å². The molecule has 0 unspecified atom stereocenters. The van der Waals surface area contributed by atoms with Crippen molar-refractivity contribution in [2.45, 2.75) is 45.1 Å². The zero-order valence-electron chi connectivity index (χ0n) is 16.1. The van der Waals surface area contributed by atoms with Crippen molar-refractivity contribution < 1.29 is 14.7 Å². The number of amides is 3. The van der Waals surface area contributed by atoms with E-state index in [4.69, 9.17) is 5.73 Å². The minimum atomic E-state index is -0.502. The van der Waals surface area contributed by atoms with Crippen LogP contribution in [-0.4, -0.2) is 34.5 Å². The number of rotatable bonds is 5. The summed E-state index contributed by atoms with van der Waals surface area (Å²) in [6.45, 7) is 2.51. The monoisotopic (exact) mass is 381 g/mol. The molecule has 28 heavy (non-hydrogen) atoms. The highest BCUT2D eigenvalue weighted by Crippen LogP contribution is 2.24. The van der Waals surface area contributed by atoms with Crippen LogP contribution in [0.5, 0.6) is 5.75 Å². The van der Waals surface area contributed by atoms with Gasteiger partial charge in [-0.1, -0.05) is 18.2 Å².